The van der Waals surface area contributed by atoms with E-state index in [-0.39, 0.29) is 0 Å². The molecule has 0 aliphatic rings. The number of nitriles is 1. The van der Waals surface area contributed by atoms with Gasteiger partial charge in [0.2, 0.25) is 0 Å². The van der Waals surface area contributed by atoms with Gasteiger partial charge in [0.15, 0.2) is 0 Å². The Morgan fingerprint density at radius 2 is 1.77 bits per heavy atom. The molecule has 31 heavy (non-hydrogen) atoms. The van der Waals surface area contributed by atoms with Gasteiger partial charge in [-0.05, 0) is 30.7 Å². The highest BCUT2D eigenvalue weighted by Crippen LogP contribution is 2.34. The number of aliphatic hydroxyl groups is 1. The predicted molar refractivity (Wildman–Crippen MR) is 134 cm³/mol. The molecule has 5 heteroatoms. The number of aromatic nitrogens is 1. The summed E-state index contributed by atoms with van der Waals surface area (Å²) in [7, 11) is 0. The molecule has 1 atom stereocenters. The van der Waals surface area contributed by atoms with Gasteiger partial charge >= 0.3 is 0 Å². The predicted octanol–water partition coefficient (Wildman–Crippen LogP) is 6.58. The van der Waals surface area contributed by atoms with Gasteiger partial charge in [0.05, 0.1) is 17.4 Å². The lowest BCUT2D eigenvalue weighted by Gasteiger charge is -2.14. The van der Waals surface area contributed by atoms with Crippen LogP contribution in [0.5, 0.6) is 0 Å². The quantitative estimate of drug-likeness (QED) is 0.280. The first-order chi connectivity index (χ1) is 15.1. The Kier molecular flexibility index (Phi) is 9.02. The minimum absolute atomic E-state index is 0.427. The summed E-state index contributed by atoms with van der Waals surface area (Å²) in [4.78, 5) is 4.83. The number of unbranched alkanes of at least 4 members (excludes halogenated alkanes) is 1. The fraction of sp³-hybridized carbons (Fsp3) is 0.308. The highest BCUT2D eigenvalue weighted by Gasteiger charge is 2.17. The summed E-state index contributed by atoms with van der Waals surface area (Å²) in [6, 6.07) is 22.6. The van der Waals surface area contributed by atoms with Crippen molar-refractivity contribution < 1.29 is 5.11 Å². The normalized spacial score (nSPS) is 11.8. The van der Waals surface area contributed by atoms with E-state index in [1.54, 1.807) is 11.8 Å². The summed E-state index contributed by atoms with van der Waals surface area (Å²) in [6.07, 6.45) is 1.91. The lowest BCUT2D eigenvalue weighted by Crippen LogP contribution is -2.14. The second-order valence-electron chi connectivity index (χ2n) is 7.47. The van der Waals surface area contributed by atoms with E-state index in [4.69, 9.17) is 4.98 Å². The molecule has 0 radical (unpaired) electrons. The van der Waals surface area contributed by atoms with Gasteiger partial charge in [-0.1, -0.05) is 73.5 Å². The van der Waals surface area contributed by atoms with E-state index in [1.165, 1.54) is 30.2 Å². The Morgan fingerprint density at radius 3 is 2.45 bits per heavy atom. The Hall–Kier alpha value is -2.26. The van der Waals surface area contributed by atoms with E-state index in [1.807, 2.05) is 36.4 Å². The van der Waals surface area contributed by atoms with Crippen LogP contribution in [0.25, 0.3) is 22.4 Å². The Labute approximate surface area is 193 Å². The number of aliphatic hydroxyl groups excluding tert-OH is 1. The molecule has 160 valence electrons. The summed E-state index contributed by atoms with van der Waals surface area (Å²) < 4.78 is 0. The first kappa shape index (κ1) is 23.4. The van der Waals surface area contributed by atoms with Gasteiger partial charge in [-0.3, -0.25) is 0 Å². The van der Waals surface area contributed by atoms with Crippen molar-refractivity contribution in [3.8, 4) is 28.5 Å². The van der Waals surface area contributed by atoms with Gasteiger partial charge in [0, 0.05) is 22.6 Å². The number of hydrogen-bond donors (Lipinski definition) is 1. The second-order valence-corrected chi connectivity index (χ2v) is 9.63. The van der Waals surface area contributed by atoms with Gasteiger partial charge in [-0.2, -0.15) is 17.0 Å². The van der Waals surface area contributed by atoms with E-state index in [2.05, 4.69) is 44.2 Å². The van der Waals surface area contributed by atoms with E-state index in [9.17, 15) is 10.4 Å². The minimum atomic E-state index is -0.427. The van der Waals surface area contributed by atoms with Crippen LogP contribution >= 0.6 is 23.5 Å². The molecule has 0 amide bonds. The lowest BCUT2D eigenvalue weighted by molar-refractivity contribution is 0.225. The number of rotatable bonds is 10. The standard InChI is InChI=1S/C26H28N2OS2/c1-3-4-14-30-17-22(29)18-31-26-24(16-27)23(20-8-6-5-7-9-20)15-25(28-26)21-12-10-19(2)11-13-21/h5-13,15,22,29H,3-4,14,17-18H2,1-2H3. The zero-order valence-electron chi connectivity index (χ0n) is 18.0. The fourth-order valence-corrected chi connectivity index (χ4v) is 5.27. The van der Waals surface area contributed by atoms with Gasteiger partial charge in [0.1, 0.15) is 11.1 Å². The van der Waals surface area contributed by atoms with Crippen LogP contribution in [0.1, 0.15) is 30.9 Å². The number of aryl methyl sites for hydroxylation is 1. The first-order valence-electron chi connectivity index (χ1n) is 10.6. The number of benzene rings is 2. The van der Waals surface area contributed by atoms with Gasteiger partial charge < -0.3 is 5.11 Å². The highest BCUT2D eigenvalue weighted by atomic mass is 32.2. The van der Waals surface area contributed by atoms with Crippen LogP contribution in [0.15, 0.2) is 65.7 Å². The van der Waals surface area contributed by atoms with Crippen LogP contribution in [-0.4, -0.2) is 33.5 Å². The zero-order chi connectivity index (χ0) is 22.1. The zero-order valence-corrected chi connectivity index (χ0v) is 19.7. The number of nitrogens with zero attached hydrogens (tertiary/aromatic N) is 2. The fourth-order valence-electron chi connectivity index (χ4n) is 3.14. The second kappa shape index (κ2) is 12.0. The van der Waals surface area contributed by atoms with E-state index < -0.39 is 6.10 Å². The van der Waals surface area contributed by atoms with Gasteiger partial charge in [0.25, 0.3) is 0 Å². The van der Waals surface area contributed by atoms with Crippen molar-refractivity contribution in [3.05, 3.63) is 71.8 Å². The van der Waals surface area contributed by atoms with E-state index in [0.29, 0.717) is 22.1 Å². The molecule has 3 rings (SSSR count). The van der Waals surface area contributed by atoms with Crippen molar-refractivity contribution in [2.75, 3.05) is 17.3 Å². The molecule has 3 aromatic rings. The van der Waals surface area contributed by atoms with Crippen molar-refractivity contribution in [2.24, 2.45) is 0 Å². The van der Waals surface area contributed by atoms with Crippen LogP contribution in [0.4, 0.5) is 0 Å². The van der Waals surface area contributed by atoms with Crippen LogP contribution in [0, 0.1) is 18.3 Å². The van der Waals surface area contributed by atoms with E-state index in [0.717, 1.165) is 28.1 Å². The summed E-state index contributed by atoms with van der Waals surface area (Å²) in [6.45, 7) is 4.24. The molecule has 0 bridgehead atoms. The Bertz CT molecular complexity index is 1010. The Morgan fingerprint density at radius 1 is 1.03 bits per heavy atom. The van der Waals surface area contributed by atoms with Crippen LogP contribution in [0.3, 0.4) is 0 Å². The summed E-state index contributed by atoms with van der Waals surface area (Å²) in [5.41, 5.74) is 5.49. The molecule has 1 unspecified atom stereocenters. The molecule has 0 aliphatic heterocycles. The third-order valence-electron chi connectivity index (χ3n) is 4.90. The van der Waals surface area contributed by atoms with Crippen molar-refractivity contribution in [1.29, 1.82) is 5.26 Å². The average molecular weight is 449 g/mol. The van der Waals surface area contributed by atoms with Crippen LogP contribution < -0.4 is 0 Å². The average Bonchev–Trinajstić information content (AvgIpc) is 2.81. The maximum atomic E-state index is 10.4. The smallest absolute Gasteiger partial charge is 0.115 e. The Balaban J connectivity index is 1.92. The molecule has 3 nitrogen and oxygen atoms in total. The maximum Gasteiger partial charge on any atom is 0.115 e. The van der Waals surface area contributed by atoms with Crippen molar-refractivity contribution in [3.63, 3.8) is 0 Å². The third-order valence-corrected chi connectivity index (χ3v) is 7.21. The molecular formula is C26H28N2OS2. The topological polar surface area (TPSA) is 56.9 Å². The molecule has 0 fully saturated rings. The van der Waals surface area contributed by atoms with Crippen LogP contribution in [-0.2, 0) is 0 Å². The molecule has 1 N–H and O–H groups in total. The van der Waals surface area contributed by atoms with Gasteiger partial charge in [-0.25, -0.2) is 4.98 Å². The number of thioether (sulfide) groups is 2. The summed E-state index contributed by atoms with van der Waals surface area (Å²) >= 11 is 3.25. The van der Waals surface area contributed by atoms with E-state index >= 15 is 0 Å². The molecule has 0 aliphatic carbocycles. The molecule has 2 aromatic carbocycles. The van der Waals surface area contributed by atoms with Crippen molar-refractivity contribution in [1.82, 2.24) is 4.98 Å². The third kappa shape index (κ3) is 6.61. The van der Waals surface area contributed by atoms with Crippen LogP contribution in [0.2, 0.25) is 0 Å². The summed E-state index contributed by atoms with van der Waals surface area (Å²) in [5, 5.41) is 21.1. The molecule has 1 aromatic heterocycles. The largest absolute Gasteiger partial charge is 0.391 e. The lowest BCUT2D eigenvalue weighted by atomic mass is 9.99. The van der Waals surface area contributed by atoms with Crippen molar-refractivity contribution in [2.45, 2.75) is 37.8 Å². The molecule has 0 saturated heterocycles. The SMILES string of the molecule is CCCCSCC(O)CSc1nc(-c2ccc(C)cc2)cc(-c2ccccc2)c1C#N. The minimum Gasteiger partial charge on any atom is -0.391 e. The molecule has 0 spiro atoms. The monoisotopic (exact) mass is 448 g/mol. The molecule has 0 saturated carbocycles. The highest BCUT2D eigenvalue weighted by molar-refractivity contribution is 8.00. The molecular weight excluding hydrogens is 420 g/mol. The van der Waals surface area contributed by atoms with Gasteiger partial charge in [-0.15, -0.1) is 11.8 Å². The maximum absolute atomic E-state index is 10.4. The molecule has 1 heterocycles. The van der Waals surface area contributed by atoms with Crippen molar-refractivity contribution >= 4 is 23.5 Å². The summed E-state index contributed by atoms with van der Waals surface area (Å²) in [5.74, 6) is 2.30. The first-order valence-corrected chi connectivity index (χ1v) is 12.7. The number of pyridine rings is 1. The number of hydrogen-bond acceptors (Lipinski definition) is 5.